The molecule has 1 unspecified atom stereocenters. The fraction of sp³-hybridized carbons (Fsp3) is 0.538. The van der Waals surface area contributed by atoms with Crippen LogP contribution in [0.1, 0.15) is 31.7 Å². The van der Waals surface area contributed by atoms with Gasteiger partial charge in [0.05, 0.1) is 10.6 Å². The third-order valence-electron chi connectivity index (χ3n) is 2.93. The first kappa shape index (κ1) is 16.6. The average Bonchev–Trinajstić information content (AvgIpc) is 2.24. The zero-order valence-corrected chi connectivity index (χ0v) is 12.6. The maximum Gasteiger partial charge on any atom is 0.188 e. The first-order chi connectivity index (χ1) is 8.47. The molecule has 1 atom stereocenters. The van der Waals surface area contributed by atoms with Gasteiger partial charge in [-0.3, -0.25) is 0 Å². The molecule has 0 fully saturated rings. The largest absolute Gasteiger partial charge is 0.188 e. The fourth-order valence-electron chi connectivity index (χ4n) is 1.81. The van der Waals surface area contributed by atoms with E-state index in [1.807, 2.05) is 6.92 Å². The lowest BCUT2D eigenvalue weighted by Crippen LogP contribution is -2.25. The lowest BCUT2D eigenvalue weighted by atomic mass is 10.2. The van der Waals surface area contributed by atoms with Crippen LogP contribution in [0, 0.1) is 6.92 Å². The number of hydrogen-bond acceptors (Lipinski definition) is 0. The Morgan fingerprint density at radius 1 is 1.11 bits per heavy atom. The van der Waals surface area contributed by atoms with Crippen LogP contribution in [0.15, 0.2) is 29.2 Å². The Labute approximate surface area is 116 Å². The second-order valence-corrected chi connectivity index (χ2v) is 8.86. The van der Waals surface area contributed by atoms with E-state index in [4.69, 9.17) is 11.6 Å². The topological polar surface area (TPSA) is 0 Å². The van der Waals surface area contributed by atoms with Gasteiger partial charge in [0.1, 0.15) is 0 Å². The molecule has 0 heterocycles. The maximum atomic E-state index is 14.0. The Bertz CT molecular complexity index is 437. The van der Waals surface area contributed by atoms with Gasteiger partial charge in [0.2, 0.25) is 0 Å². The van der Waals surface area contributed by atoms with Crippen molar-refractivity contribution in [3.05, 3.63) is 29.8 Å². The predicted octanol–water partition coefficient (Wildman–Crippen LogP) is 6.57. The Morgan fingerprint density at radius 3 is 2.11 bits per heavy atom. The first-order valence-electron chi connectivity index (χ1n) is 6.17. The Morgan fingerprint density at radius 2 is 1.63 bits per heavy atom. The summed E-state index contributed by atoms with van der Waals surface area (Å²) in [7, 11) is -8.27. The van der Waals surface area contributed by atoms with Gasteiger partial charge in [-0.2, -0.15) is 0 Å². The number of aryl methyl sites for hydroxylation is 1. The lowest BCUT2D eigenvalue weighted by molar-refractivity contribution is 0.439. The van der Waals surface area contributed by atoms with E-state index in [1.54, 1.807) is 6.92 Å². The normalized spacial score (nSPS) is 17.6. The van der Waals surface area contributed by atoms with Crippen LogP contribution in [0.25, 0.3) is 0 Å². The summed E-state index contributed by atoms with van der Waals surface area (Å²) in [5.41, 5.74) is 0.658. The first-order valence-corrected chi connectivity index (χ1v) is 8.83. The summed E-state index contributed by atoms with van der Waals surface area (Å²) in [6, 6.07) is 4.15. The van der Waals surface area contributed by atoms with Crippen molar-refractivity contribution in [1.29, 1.82) is 0 Å². The highest BCUT2D eigenvalue weighted by Gasteiger charge is 2.64. The standard InChI is InChI=1S/C13H19ClF4S/c1-3-4-5-12(14)10-19(15,16,17,18)13-8-6-11(2)7-9-13/h6-9,12H,3-5,10H2,1-2H3. The SMILES string of the molecule is CCCCC(Cl)CS(F)(F)(F)(F)c1ccc(C)cc1. The molecular weight excluding hydrogens is 300 g/mol. The third-order valence-corrected chi connectivity index (χ3v) is 5.88. The summed E-state index contributed by atoms with van der Waals surface area (Å²) in [5, 5.41) is -1.21. The smallest absolute Gasteiger partial charge is 0.122 e. The van der Waals surface area contributed by atoms with E-state index in [-0.39, 0.29) is 6.42 Å². The maximum absolute atomic E-state index is 14.0. The summed E-state index contributed by atoms with van der Waals surface area (Å²) in [4.78, 5) is -1.19. The molecule has 1 aromatic carbocycles. The average molecular weight is 319 g/mol. The van der Waals surface area contributed by atoms with Crippen molar-refractivity contribution in [1.82, 2.24) is 0 Å². The summed E-state index contributed by atoms with van der Waals surface area (Å²) >= 11 is 5.67. The van der Waals surface area contributed by atoms with Crippen LogP contribution in [0.2, 0.25) is 0 Å². The lowest BCUT2D eigenvalue weighted by Gasteiger charge is -2.51. The Kier molecular flexibility index (Phi) is 4.24. The Hall–Kier alpha value is -0.420. The number of hydrogen-bond donors (Lipinski definition) is 0. The van der Waals surface area contributed by atoms with Gasteiger partial charge in [0, 0.05) is 5.38 Å². The molecule has 0 amide bonds. The van der Waals surface area contributed by atoms with Crippen molar-refractivity contribution in [3.8, 4) is 0 Å². The van der Waals surface area contributed by atoms with Crippen LogP contribution in [0.4, 0.5) is 15.5 Å². The van der Waals surface area contributed by atoms with Crippen LogP contribution >= 0.6 is 21.4 Å². The number of benzene rings is 1. The molecule has 0 aromatic heterocycles. The third kappa shape index (κ3) is 4.56. The van der Waals surface area contributed by atoms with Crippen molar-refractivity contribution >= 4 is 21.4 Å². The highest BCUT2D eigenvalue weighted by Crippen LogP contribution is 3.00. The van der Waals surface area contributed by atoms with Crippen LogP contribution in [0.3, 0.4) is 0 Å². The van der Waals surface area contributed by atoms with E-state index in [2.05, 4.69) is 0 Å². The zero-order valence-electron chi connectivity index (χ0n) is 11.0. The molecular formula is C13H19ClF4S. The summed E-state index contributed by atoms with van der Waals surface area (Å²) in [5.74, 6) is -1.56. The minimum atomic E-state index is -8.27. The molecule has 6 heteroatoms. The summed E-state index contributed by atoms with van der Waals surface area (Å²) in [6.45, 7) is 3.51. The number of alkyl halides is 1. The molecule has 1 rings (SSSR count). The quantitative estimate of drug-likeness (QED) is 0.411. The van der Waals surface area contributed by atoms with Gasteiger partial charge >= 0.3 is 0 Å². The molecule has 0 aliphatic carbocycles. The highest BCUT2D eigenvalue weighted by molar-refractivity contribution is 8.49. The monoisotopic (exact) mass is 318 g/mol. The number of rotatable bonds is 6. The van der Waals surface area contributed by atoms with Gasteiger partial charge in [0.15, 0.2) is 9.84 Å². The van der Waals surface area contributed by atoms with Crippen molar-refractivity contribution in [2.75, 3.05) is 5.75 Å². The molecule has 0 radical (unpaired) electrons. The molecule has 19 heavy (non-hydrogen) atoms. The van der Waals surface area contributed by atoms with E-state index in [0.717, 1.165) is 18.6 Å². The molecule has 1 aromatic rings. The van der Waals surface area contributed by atoms with E-state index >= 15 is 0 Å². The molecule has 0 aliphatic heterocycles. The van der Waals surface area contributed by atoms with E-state index in [9.17, 15) is 15.5 Å². The number of halogens is 5. The second-order valence-electron chi connectivity index (χ2n) is 4.96. The van der Waals surface area contributed by atoms with E-state index < -0.39 is 25.9 Å². The van der Waals surface area contributed by atoms with Crippen LogP contribution in [-0.2, 0) is 0 Å². The summed E-state index contributed by atoms with van der Waals surface area (Å²) < 4.78 is 56.2. The second kappa shape index (κ2) is 4.85. The van der Waals surface area contributed by atoms with Gasteiger partial charge in [-0.25, -0.2) is 0 Å². The van der Waals surface area contributed by atoms with Crippen molar-refractivity contribution in [3.63, 3.8) is 0 Å². The van der Waals surface area contributed by atoms with Gasteiger partial charge < -0.3 is 0 Å². The van der Waals surface area contributed by atoms with Crippen molar-refractivity contribution in [2.45, 2.75) is 43.4 Å². The summed E-state index contributed by atoms with van der Waals surface area (Å²) in [6.07, 6.45) is 1.48. The van der Waals surface area contributed by atoms with Gasteiger partial charge in [-0.1, -0.05) is 37.5 Å². The van der Waals surface area contributed by atoms with E-state index in [1.165, 1.54) is 12.1 Å². The van der Waals surface area contributed by atoms with Crippen LogP contribution < -0.4 is 0 Å². The minimum Gasteiger partial charge on any atom is -0.122 e. The minimum absolute atomic E-state index is 0.172. The molecule has 0 aliphatic rings. The Balaban J connectivity index is 3.04. The van der Waals surface area contributed by atoms with Crippen molar-refractivity contribution < 1.29 is 15.5 Å². The highest BCUT2D eigenvalue weighted by atomic mass is 35.5. The predicted molar refractivity (Wildman–Crippen MR) is 75.5 cm³/mol. The van der Waals surface area contributed by atoms with Gasteiger partial charge in [-0.05, 0) is 25.5 Å². The zero-order chi connectivity index (χ0) is 14.8. The molecule has 112 valence electrons. The van der Waals surface area contributed by atoms with Gasteiger partial charge in [0.25, 0.3) is 0 Å². The molecule has 0 saturated heterocycles. The van der Waals surface area contributed by atoms with Crippen LogP contribution in [-0.4, -0.2) is 11.1 Å². The van der Waals surface area contributed by atoms with E-state index in [0.29, 0.717) is 12.0 Å². The molecule has 0 N–H and O–H groups in total. The molecule has 0 saturated carbocycles. The van der Waals surface area contributed by atoms with Gasteiger partial charge in [-0.15, -0.1) is 27.1 Å². The van der Waals surface area contributed by atoms with Crippen molar-refractivity contribution in [2.24, 2.45) is 0 Å². The van der Waals surface area contributed by atoms with Crippen LogP contribution in [0.5, 0.6) is 0 Å². The molecule has 0 bridgehead atoms. The fourth-order valence-corrected chi connectivity index (χ4v) is 4.55. The number of unbranched alkanes of at least 4 members (excludes halogenated alkanes) is 1. The molecule has 0 nitrogen and oxygen atoms in total. The molecule has 0 spiro atoms.